The Morgan fingerprint density at radius 2 is 1.69 bits per heavy atom. The van der Waals surface area contributed by atoms with E-state index in [0.29, 0.717) is 4.88 Å². The lowest BCUT2D eigenvalue weighted by molar-refractivity contribution is 0.100. The van der Waals surface area contributed by atoms with Crippen LogP contribution in [0.3, 0.4) is 0 Å². The summed E-state index contributed by atoms with van der Waals surface area (Å²) < 4.78 is 0. The number of thiophene rings is 1. The fourth-order valence-electron chi connectivity index (χ4n) is 1.81. The normalized spacial score (nSPS) is 9.23. The van der Waals surface area contributed by atoms with Gasteiger partial charge in [0.05, 0.1) is 4.88 Å². The zero-order valence-electron chi connectivity index (χ0n) is 13.8. The van der Waals surface area contributed by atoms with E-state index in [1.807, 2.05) is 41.9 Å². The summed E-state index contributed by atoms with van der Waals surface area (Å²) in [7, 11) is 0. The van der Waals surface area contributed by atoms with Crippen LogP contribution in [-0.4, -0.2) is 20.9 Å². The van der Waals surface area contributed by atoms with E-state index in [1.165, 1.54) is 17.4 Å². The molecule has 26 heavy (non-hydrogen) atoms. The second-order valence-corrected chi connectivity index (χ2v) is 5.82. The first-order valence-corrected chi connectivity index (χ1v) is 8.56. The van der Waals surface area contributed by atoms with Crippen LogP contribution in [0.15, 0.2) is 89.4 Å². The molecule has 4 N–H and O–H groups in total. The summed E-state index contributed by atoms with van der Waals surface area (Å²) >= 11 is 1.36. The number of amides is 1. The maximum Gasteiger partial charge on any atom is 0.258 e. The predicted octanol–water partition coefficient (Wildman–Crippen LogP) is 3.30. The maximum atomic E-state index is 10.3. The molecule has 3 heterocycles. The number of H-pyrrole nitrogens is 2. The average Bonchev–Trinajstić information content (AvgIpc) is 3.38. The zero-order chi connectivity index (χ0) is 18.6. The Kier molecular flexibility index (Phi) is 7.57. The zero-order valence-corrected chi connectivity index (χ0v) is 14.6. The number of nitrogens with two attached hydrogens (primary N) is 1. The van der Waals surface area contributed by atoms with Gasteiger partial charge in [0.1, 0.15) is 5.82 Å². The summed E-state index contributed by atoms with van der Waals surface area (Å²) in [5.74, 6) is 0.575. The monoisotopic (exact) mass is 366 g/mol. The van der Waals surface area contributed by atoms with Crippen molar-refractivity contribution < 1.29 is 4.79 Å². The molecule has 0 radical (unpaired) electrons. The SMILES string of the molecule is NC(=O)c1cccs1.O=c1cccc[nH]1.c1ccc(-c2ncc[nH]2)cc1. The number of aromatic amines is 2. The van der Waals surface area contributed by atoms with Gasteiger partial charge >= 0.3 is 0 Å². The van der Waals surface area contributed by atoms with Crippen LogP contribution in [0.1, 0.15) is 9.67 Å². The molecule has 0 saturated heterocycles. The molecule has 0 fully saturated rings. The Balaban J connectivity index is 0.000000145. The number of carbonyl (C=O) groups excluding carboxylic acids is 1. The Bertz CT molecular complexity index is 916. The van der Waals surface area contributed by atoms with Gasteiger partial charge in [-0.2, -0.15) is 0 Å². The summed E-state index contributed by atoms with van der Waals surface area (Å²) in [6.45, 7) is 0. The molecule has 0 aliphatic rings. The third kappa shape index (κ3) is 6.58. The van der Waals surface area contributed by atoms with Crippen LogP contribution in [0.4, 0.5) is 0 Å². The smallest absolute Gasteiger partial charge is 0.258 e. The van der Waals surface area contributed by atoms with Crippen LogP contribution < -0.4 is 11.3 Å². The number of hydrogen-bond acceptors (Lipinski definition) is 4. The first kappa shape index (κ1) is 18.9. The van der Waals surface area contributed by atoms with Crippen molar-refractivity contribution in [3.8, 4) is 11.4 Å². The van der Waals surface area contributed by atoms with Gasteiger partial charge in [0.25, 0.3) is 5.91 Å². The topological polar surface area (TPSA) is 105 Å². The highest BCUT2D eigenvalue weighted by molar-refractivity contribution is 7.12. The molecule has 0 saturated carbocycles. The average molecular weight is 366 g/mol. The summed E-state index contributed by atoms with van der Waals surface area (Å²) in [5.41, 5.74) is 6.00. The van der Waals surface area contributed by atoms with E-state index in [9.17, 15) is 9.59 Å². The molecule has 6 nitrogen and oxygen atoms in total. The van der Waals surface area contributed by atoms with Crippen LogP contribution in [0.25, 0.3) is 11.4 Å². The Labute approximate surface area is 154 Å². The molecule has 0 aliphatic carbocycles. The number of nitrogens with one attached hydrogen (secondary N) is 2. The van der Waals surface area contributed by atoms with Crippen molar-refractivity contribution >= 4 is 17.2 Å². The van der Waals surface area contributed by atoms with Crippen molar-refractivity contribution in [2.75, 3.05) is 0 Å². The number of primary amides is 1. The number of benzene rings is 1. The number of pyridine rings is 1. The van der Waals surface area contributed by atoms with E-state index in [1.54, 1.807) is 36.7 Å². The molecule has 4 aromatic rings. The van der Waals surface area contributed by atoms with Gasteiger partial charge in [-0.05, 0) is 17.5 Å². The summed E-state index contributed by atoms with van der Waals surface area (Å²) in [6, 6.07) is 18.5. The molecule has 0 atom stereocenters. The quantitative estimate of drug-likeness (QED) is 0.507. The first-order valence-electron chi connectivity index (χ1n) is 7.68. The number of aromatic nitrogens is 3. The highest BCUT2D eigenvalue weighted by atomic mass is 32.1. The second-order valence-electron chi connectivity index (χ2n) is 4.87. The van der Waals surface area contributed by atoms with Crippen LogP contribution >= 0.6 is 11.3 Å². The van der Waals surface area contributed by atoms with Gasteiger partial charge in [0.15, 0.2) is 0 Å². The first-order chi connectivity index (χ1) is 12.7. The minimum absolute atomic E-state index is 0.0532. The summed E-state index contributed by atoms with van der Waals surface area (Å²) in [4.78, 5) is 30.8. The summed E-state index contributed by atoms with van der Waals surface area (Å²) in [6.07, 6.45) is 5.17. The van der Waals surface area contributed by atoms with E-state index in [2.05, 4.69) is 15.0 Å². The Morgan fingerprint density at radius 1 is 0.923 bits per heavy atom. The fourth-order valence-corrected chi connectivity index (χ4v) is 2.39. The van der Waals surface area contributed by atoms with Crippen LogP contribution in [-0.2, 0) is 0 Å². The highest BCUT2D eigenvalue weighted by Crippen LogP contribution is 2.11. The number of imidazole rings is 1. The molecular weight excluding hydrogens is 348 g/mol. The van der Waals surface area contributed by atoms with Gasteiger partial charge in [-0.3, -0.25) is 9.59 Å². The molecule has 3 aromatic heterocycles. The highest BCUT2D eigenvalue weighted by Gasteiger charge is 1.96. The molecule has 4 rings (SSSR count). The van der Waals surface area contributed by atoms with E-state index in [0.717, 1.165) is 11.4 Å². The number of rotatable bonds is 2. The molecule has 0 bridgehead atoms. The molecule has 132 valence electrons. The van der Waals surface area contributed by atoms with Gasteiger partial charge in [-0.1, -0.05) is 42.5 Å². The van der Waals surface area contributed by atoms with Crippen LogP contribution in [0, 0.1) is 0 Å². The lowest BCUT2D eigenvalue weighted by atomic mass is 10.2. The maximum absolute atomic E-state index is 10.3. The summed E-state index contributed by atoms with van der Waals surface area (Å²) in [5, 5.41) is 1.82. The lowest BCUT2D eigenvalue weighted by Crippen LogP contribution is -2.07. The standard InChI is InChI=1S/C9H8N2.C5H5NOS.C5H5NO/c1-2-4-8(5-3-1)9-10-6-7-11-9;6-5(7)4-2-1-3-8-4;7-5-3-1-2-4-6-5/h1-7H,(H,10,11);1-3H,(H2,6,7);1-4H,(H,6,7). The van der Waals surface area contributed by atoms with E-state index in [-0.39, 0.29) is 11.5 Å². The molecule has 0 aliphatic heterocycles. The van der Waals surface area contributed by atoms with E-state index >= 15 is 0 Å². The van der Waals surface area contributed by atoms with Crippen molar-refractivity contribution in [1.82, 2.24) is 15.0 Å². The molecule has 1 aromatic carbocycles. The predicted molar refractivity (Wildman–Crippen MR) is 104 cm³/mol. The van der Waals surface area contributed by atoms with Crippen molar-refractivity contribution in [2.24, 2.45) is 5.73 Å². The van der Waals surface area contributed by atoms with Crippen LogP contribution in [0.5, 0.6) is 0 Å². The van der Waals surface area contributed by atoms with Gasteiger partial charge in [0, 0.05) is 30.2 Å². The van der Waals surface area contributed by atoms with Gasteiger partial charge in [0.2, 0.25) is 5.56 Å². The molecular formula is C19H18N4O2S. The third-order valence-electron chi connectivity index (χ3n) is 2.99. The van der Waals surface area contributed by atoms with Crippen LogP contribution in [0.2, 0.25) is 0 Å². The van der Waals surface area contributed by atoms with Crippen molar-refractivity contribution in [3.63, 3.8) is 0 Å². The Morgan fingerprint density at radius 3 is 2.12 bits per heavy atom. The second kappa shape index (κ2) is 10.4. The van der Waals surface area contributed by atoms with Crippen molar-refractivity contribution in [3.05, 3.63) is 99.9 Å². The molecule has 7 heteroatoms. The van der Waals surface area contributed by atoms with Gasteiger partial charge < -0.3 is 15.7 Å². The molecule has 0 spiro atoms. The minimum Gasteiger partial charge on any atom is -0.365 e. The number of hydrogen-bond donors (Lipinski definition) is 3. The third-order valence-corrected chi connectivity index (χ3v) is 3.87. The minimum atomic E-state index is -0.347. The van der Waals surface area contributed by atoms with E-state index in [4.69, 9.17) is 5.73 Å². The van der Waals surface area contributed by atoms with E-state index < -0.39 is 0 Å². The molecule has 0 unspecified atom stereocenters. The van der Waals surface area contributed by atoms with Gasteiger partial charge in [-0.25, -0.2) is 4.98 Å². The van der Waals surface area contributed by atoms with Gasteiger partial charge in [-0.15, -0.1) is 11.3 Å². The number of nitrogens with zero attached hydrogens (tertiary/aromatic N) is 1. The fraction of sp³-hybridized carbons (Fsp3) is 0. The Hall–Kier alpha value is -3.45. The van der Waals surface area contributed by atoms with Crippen molar-refractivity contribution in [1.29, 1.82) is 0 Å². The number of carbonyl (C=O) groups is 1. The lowest BCUT2D eigenvalue weighted by Gasteiger charge is -1.92. The largest absolute Gasteiger partial charge is 0.365 e. The van der Waals surface area contributed by atoms with Crippen molar-refractivity contribution in [2.45, 2.75) is 0 Å². The molecule has 1 amide bonds.